The third kappa shape index (κ3) is 23.4. The fourth-order valence-electron chi connectivity index (χ4n) is 3.07. The highest BCUT2D eigenvalue weighted by Crippen LogP contribution is 2.12. The number of aliphatic hydroxyl groups excluding tert-OH is 2. The summed E-state index contributed by atoms with van der Waals surface area (Å²) in [5, 5.41) is 16.0. The number of nitrogens with zero attached hydrogens (tertiary/aromatic N) is 1. The van der Waals surface area contributed by atoms with Gasteiger partial charge in [0.2, 0.25) is 0 Å². The van der Waals surface area contributed by atoms with Crippen molar-refractivity contribution in [2.24, 2.45) is 0 Å². The average Bonchev–Trinajstić information content (AvgIpc) is 2.69. The van der Waals surface area contributed by atoms with E-state index in [-0.39, 0.29) is 19.0 Å². The first-order valence-electron chi connectivity index (χ1n) is 11.4. The minimum absolute atomic E-state index is 0. The SMILES string of the molecule is CC(O)CO.CCCCCCCCCCCCCCCC[n+]1ccccc1.[Cl-]. The molecule has 3 nitrogen and oxygen atoms in total. The molecule has 0 amide bonds. The molecule has 1 atom stereocenters. The Hall–Kier alpha value is -0.640. The maximum absolute atomic E-state index is 8.11. The van der Waals surface area contributed by atoms with Crippen LogP contribution in [-0.2, 0) is 6.54 Å². The summed E-state index contributed by atoms with van der Waals surface area (Å²) in [7, 11) is 0. The number of hydrogen-bond donors (Lipinski definition) is 2. The molecule has 1 aromatic heterocycles. The molecule has 0 fully saturated rings. The van der Waals surface area contributed by atoms with Crippen LogP contribution < -0.4 is 17.0 Å². The van der Waals surface area contributed by atoms with Gasteiger partial charge in [-0.1, -0.05) is 90.0 Å². The zero-order chi connectivity index (χ0) is 20.0. The van der Waals surface area contributed by atoms with E-state index in [1.54, 1.807) is 0 Å². The summed E-state index contributed by atoms with van der Waals surface area (Å²) in [6, 6.07) is 6.31. The molecule has 0 aliphatic carbocycles. The second-order valence-electron chi connectivity index (χ2n) is 7.74. The number of unbranched alkanes of at least 4 members (excludes halogenated alkanes) is 13. The fraction of sp³-hybridized carbons (Fsp3) is 0.792. The number of pyridine rings is 1. The highest BCUT2D eigenvalue weighted by atomic mass is 35.5. The third-order valence-corrected chi connectivity index (χ3v) is 4.81. The number of rotatable bonds is 16. The lowest BCUT2D eigenvalue weighted by Gasteiger charge is -2.02. The van der Waals surface area contributed by atoms with E-state index in [1.165, 1.54) is 103 Å². The van der Waals surface area contributed by atoms with Gasteiger partial charge in [0.25, 0.3) is 0 Å². The first-order chi connectivity index (χ1) is 13.2. The van der Waals surface area contributed by atoms with Gasteiger partial charge in [0.1, 0.15) is 6.54 Å². The summed E-state index contributed by atoms with van der Waals surface area (Å²) in [4.78, 5) is 0. The molecule has 0 bridgehead atoms. The molecule has 0 aliphatic heterocycles. The molecule has 0 saturated heterocycles. The van der Waals surface area contributed by atoms with Crippen LogP contribution in [0.4, 0.5) is 0 Å². The molecule has 2 N–H and O–H groups in total. The average molecular weight is 416 g/mol. The van der Waals surface area contributed by atoms with Gasteiger partial charge in [-0.25, -0.2) is 4.57 Å². The molecule has 0 radical (unpaired) electrons. The largest absolute Gasteiger partial charge is 1.00 e. The Balaban J connectivity index is 0. The fourth-order valence-corrected chi connectivity index (χ4v) is 3.07. The van der Waals surface area contributed by atoms with Crippen molar-refractivity contribution < 1.29 is 27.2 Å². The Labute approximate surface area is 181 Å². The van der Waals surface area contributed by atoms with Crippen molar-refractivity contribution in [3.8, 4) is 0 Å². The minimum atomic E-state index is -0.560. The number of aryl methyl sites for hydroxylation is 1. The lowest BCUT2D eigenvalue weighted by atomic mass is 10.0. The highest BCUT2D eigenvalue weighted by molar-refractivity contribution is 4.83. The van der Waals surface area contributed by atoms with Crippen molar-refractivity contribution in [2.45, 2.75) is 116 Å². The van der Waals surface area contributed by atoms with E-state index in [4.69, 9.17) is 10.2 Å². The number of aliphatic hydroxyl groups is 2. The molecule has 0 saturated carbocycles. The Morgan fingerprint density at radius 2 is 1.04 bits per heavy atom. The molecular formula is C24H46ClNO2. The summed E-state index contributed by atoms with van der Waals surface area (Å²) >= 11 is 0. The Kier molecular flexibility index (Phi) is 25.8. The van der Waals surface area contributed by atoms with Crippen LogP contribution in [0.1, 0.15) is 104 Å². The summed E-state index contributed by atoms with van der Waals surface area (Å²) in [5.41, 5.74) is 0. The van der Waals surface area contributed by atoms with Crippen LogP contribution in [0.5, 0.6) is 0 Å². The lowest BCUT2D eigenvalue weighted by Crippen LogP contribution is -3.00. The van der Waals surface area contributed by atoms with E-state index in [0.29, 0.717) is 0 Å². The maximum Gasteiger partial charge on any atom is 0.168 e. The molecule has 4 heteroatoms. The third-order valence-electron chi connectivity index (χ3n) is 4.81. The monoisotopic (exact) mass is 415 g/mol. The normalized spacial score (nSPS) is 11.3. The van der Waals surface area contributed by atoms with Gasteiger partial charge in [0.15, 0.2) is 12.4 Å². The number of aromatic nitrogens is 1. The second kappa shape index (κ2) is 24.4. The smallest absolute Gasteiger partial charge is 0.168 e. The van der Waals surface area contributed by atoms with Gasteiger partial charge < -0.3 is 22.6 Å². The van der Waals surface area contributed by atoms with E-state index in [0.717, 1.165) is 0 Å². The minimum Gasteiger partial charge on any atom is -1.00 e. The van der Waals surface area contributed by atoms with E-state index in [2.05, 4.69) is 42.1 Å². The molecule has 0 aromatic carbocycles. The molecule has 0 aliphatic rings. The number of hydrogen-bond acceptors (Lipinski definition) is 2. The summed E-state index contributed by atoms with van der Waals surface area (Å²) in [5.74, 6) is 0. The Bertz CT molecular complexity index is 387. The highest BCUT2D eigenvalue weighted by Gasteiger charge is 1.98. The molecule has 0 spiro atoms. The molecule has 1 aromatic rings. The maximum atomic E-state index is 8.11. The van der Waals surface area contributed by atoms with Gasteiger partial charge in [-0.15, -0.1) is 0 Å². The van der Waals surface area contributed by atoms with Crippen LogP contribution in [0.25, 0.3) is 0 Å². The van der Waals surface area contributed by atoms with Crippen LogP contribution in [0.15, 0.2) is 30.6 Å². The Morgan fingerprint density at radius 3 is 1.39 bits per heavy atom. The van der Waals surface area contributed by atoms with Crippen molar-refractivity contribution in [3.63, 3.8) is 0 Å². The molecular weight excluding hydrogens is 370 g/mol. The number of halogens is 1. The van der Waals surface area contributed by atoms with Gasteiger partial charge >= 0.3 is 0 Å². The summed E-state index contributed by atoms with van der Waals surface area (Å²) < 4.78 is 2.29. The topological polar surface area (TPSA) is 44.3 Å². The summed E-state index contributed by atoms with van der Waals surface area (Å²) in [6.07, 6.45) is 23.9. The van der Waals surface area contributed by atoms with Gasteiger partial charge in [-0.05, 0) is 13.3 Å². The molecule has 1 heterocycles. The van der Waals surface area contributed by atoms with E-state index in [9.17, 15) is 0 Å². The van der Waals surface area contributed by atoms with Gasteiger partial charge in [-0.2, -0.15) is 0 Å². The van der Waals surface area contributed by atoms with E-state index < -0.39 is 6.10 Å². The van der Waals surface area contributed by atoms with Gasteiger partial charge in [0, 0.05) is 18.6 Å². The Morgan fingerprint density at radius 1 is 0.679 bits per heavy atom. The quantitative estimate of drug-likeness (QED) is 0.322. The first kappa shape index (κ1) is 29.6. The second-order valence-corrected chi connectivity index (χ2v) is 7.74. The zero-order valence-electron chi connectivity index (χ0n) is 18.5. The van der Waals surface area contributed by atoms with Crippen LogP contribution in [0.2, 0.25) is 0 Å². The van der Waals surface area contributed by atoms with Crippen LogP contribution in [0, 0.1) is 0 Å². The molecule has 28 heavy (non-hydrogen) atoms. The van der Waals surface area contributed by atoms with Crippen LogP contribution >= 0.6 is 0 Å². The van der Waals surface area contributed by atoms with Crippen LogP contribution in [0.3, 0.4) is 0 Å². The standard InChI is InChI=1S/C21H38N.C3H8O2.ClH/c1-2-3-4-5-6-7-8-9-10-11-12-13-14-16-19-22-20-17-15-18-21-22;1-3(5)2-4;/h15,17-18,20-21H,2-14,16,19H2,1H3;3-5H,2H2,1H3;1H/q+1;;/p-1. The predicted octanol–water partition coefficient (Wildman–Crippen LogP) is 2.82. The molecule has 1 rings (SSSR count). The van der Waals surface area contributed by atoms with E-state index >= 15 is 0 Å². The molecule has 1 unspecified atom stereocenters. The van der Waals surface area contributed by atoms with E-state index in [1.807, 2.05) is 0 Å². The van der Waals surface area contributed by atoms with Crippen molar-refractivity contribution >= 4 is 0 Å². The van der Waals surface area contributed by atoms with Crippen molar-refractivity contribution in [1.82, 2.24) is 0 Å². The zero-order valence-corrected chi connectivity index (χ0v) is 19.3. The lowest BCUT2D eigenvalue weighted by molar-refractivity contribution is -0.697. The van der Waals surface area contributed by atoms with Crippen molar-refractivity contribution in [2.75, 3.05) is 6.61 Å². The first-order valence-corrected chi connectivity index (χ1v) is 11.4. The van der Waals surface area contributed by atoms with Crippen molar-refractivity contribution in [1.29, 1.82) is 0 Å². The van der Waals surface area contributed by atoms with Crippen LogP contribution in [-0.4, -0.2) is 22.9 Å². The van der Waals surface area contributed by atoms with Crippen molar-refractivity contribution in [3.05, 3.63) is 30.6 Å². The van der Waals surface area contributed by atoms with Gasteiger partial charge in [-0.3, -0.25) is 0 Å². The predicted molar refractivity (Wildman–Crippen MR) is 116 cm³/mol. The van der Waals surface area contributed by atoms with Gasteiger partial charge in [0.05, 0.1) is 12.7 Å². The summed E-state index contributed by atoms with van der Waals surface area (Å²) in [6.45, 7) is 4.86. The molecule has 166 valence electrons.